The first kappa shape index (κ1) is 18.2. The lowest BCUT2D eigenvalue weighted by Crippen LogP contribution is -2.46. The number of esters is 1. The van der Waals surface area contributed by atoms with Gasteiger partial charge in [0.15, 0.2) is 6.10 Å². The van der Waals surface area contributed by atoms with Crippen LogP contribution in [0.2, 0.25) is 0 Å². The second kappa shape index (κ2) is 8.63. The van der Waals surface area contributed by atoms with Crippen molar-refractivity contribution in [1.29, 1.82) is 0 Å². The van der Waals surface area contributed by atoms with Crippen LogP contribution in [0.4, 0.5) is 0 Å². The second-order valence-electron chi connectivity index (χ2n) is 5.60. The van der Waals surface area contributed by atoms with E-state index in [1.807, 2.05) is 31.2 Å². The molecule has 2 N–H and O–H groups in total. The minimum absolute atomic E-state index is 0.0777. The lowest BCUT2D eigenvalue weighted by atomic mass is 10.1. The van der Waals surface area contributed by atoms with E-state index in [1.54, 1.807) is 30.3 Å². The molecular formula is C19H20N2O4. The molecule has 0 saturated heterocycles. The van der Waals surface area contributed by atoms with Crippen molar-refractivity contribution in [3.63, 3.8) is 0 Å². The lowest BCUT2D eigenvalue weighted by Gasteiger charge is -2.14. The van der Waals surface area contributed by atoms with Crippen LogP contribution in [-0.2, 0) is 20.7 Å². The van der Waals surface area contributed by atoms with Crippen LogP contribution in [0.3, 0.4) is 0 Å². The second-order valence-corrected chi connectivity index (χ2v) is 5.60. The molecule has 0 unspecified atom stereocenters. The van der Waals surface area contributed by atoms with Gasteiger partial charge >= 0.3 is 5.97 Å². The van der Waals surface area contributed by atoms with Crippen LogP contribution in [0.25, 0.3) is 0 Å². The molecule has 0 fully saturated rings. The Labute approximate surface area is 146 Å². The predicted octanol–water partition coefficient (Wildman–Crippen LogP) is 1.93. The average Bonchev–Trinajstić information content (AvgIpc) is 2.62. The van der Waals surface area contributed by atoms with Gasteiger partial charge < -0.3 is 4.74 Å². The van der Waals surface area contributed by atoms with Gasteiger partial charge in [-0.25, -0.2) is 0 Å². The smallest absolute Gasteiger partial charge is 0.311 e. The van der Waals surface area contributed by atoms with Crippen LogP contribution in [-0.4, -0.2) is 23.9 Å². The zero-order valence-electron chi connectivity index (χ0n) is 14.1. The normalized spacial score (nSPS) is 11.3. The molecule has 0 bridgehead atoms. The monoisotopic (exact) mass is 340 g/mol. The van der Waals surface area contributed by atoms with Gasteiger partial charge in [-0.3, -0.25) is 25.2 Å². The summed E-state index contributed by atoms with van der Waals surface area (Å²) in [6, 6.07) is 15.9. The van der Waals surface area contributed by atoms with Gasteiger partial charge in [0.1, 0.15) is 0 Å². The summed E-state index contributed by atoms with van der Waals surface area (Å²) in [6.45, 7) is 3.40. The quantitative estimate of drug-likeness (QED) is 0.643. The molecule has 0 aliphatic rings. The van der Waals surface area contributed by atoms with Gasteiger partial charge in [0.25, 0.3) is 11.8 Å². The molecule has 0 aliphatic carbocycles. The van der Waals surface area contributed by atoms with Crippen LogP contribution in [0, 0.1) is 6.92 Å². The molecule has 2 rings (SSSR count). The molecule has 0 aliphatic heterocycles. The maximum absolute atomic E-state index is 11.9. The molecular weight excluding hydrogens is 320 g/mol. The van der Waals surface area contributed by atoms with Crippen molar-refractivity contribution in [3.8, 4) is 0 Å². The Bertz CT molecular complexity index is 742. The van der Waals surface area contributed by atoms with Gasteiger partial charge in [0.05, 0.1) is 6.42 Å². The zero-order chi connectivity index (χ0) is 18.2. The number of carbonyl (C=O) groups excluding carboxylic acids is 3. The van der Waals surface area contributed by atoms with E-state index in [9.17, 15) is 14.4 Å². The van der Waals surface area contributed by atoms with Crippen LogP contribution < -0.4 is 10.9 Å². The third kappa shape index (κ3) is 5.76. The Hall–Kier alpha value is -3.15. The highest BCUT2D eigenvalue weighted by molar-refractivity contribution is 5.95. The van der Waals surface area contributed by atoms with E-state index in [1.165, 1.54) is 6.92 Å². The summed E-state index contributed by atoms with van der Waals surface area (Å²) in [7, 11) is 0. The maximum Gasteiger partial charge on any atom is 0.311 e. The predicted molar refractivity (Wildman–Crippen MR) is 92.5 cm³/mol. The fourth-order valence-corrected chi connectivity index (χ4v) is 2.05. The van der Waals surface area contributed by atoms with Gasteiger partial charge in [-0.05, 0) is 31.5 Å². The molecule has 1 atom stereocenters. The van der Waals surface area contributed by atoms with Crippen molar-refractivity contribution in [2.45, 2.75) is 26.4 Å². The Morgan fingerprint density at radius 2 is 1.60 bits per heavy atom. The summed E-state index contributed by atoms with van der Waals surface area (Å²) >= 11 is 0. The first-order valence-corrected chi connectivity index (χ1v) is 7.86. The van der Waals surface area contributed by atoms with Gasteiger partial charge in [0.2, 0.25) is 0 Å². The van der Waals surface area contributed by atoms with E-state index in [-0.39, 0.29) is 6.42 Å². The Morgan fingerprint density at radius 1 is 0.960 bits per heavy atom. The van der Waals surface area contributed by atoms with Crippen molar-refractivity contribution >= 4 is 17.8 Å². The number of carbonyl (C=O) groups is 3. The number of hydrogen-bond donors (Lipinski definition) is 2. The number of amides is 2. The van der Waals surface area contributed by atoms with Crippen molar-refractivity contribution in [1.82, 2.24) is 10.9 Å². The molecule has 2 aromatic carbocycles. The van der Waals surface area contributed by atoms with Crippen molar-refractivity contribution < 1.29 is 19.1 Å². The molecule has 25 heavy (non-hydrogen) atoms. The molecule has 0 spiro atoms. The topological polar surface area (TPSA) is 84.5 Å². The molecule has 0 radical (unpaired) electrons. The fraction of sp³-hybridized carbons (Fsp3) is 0.211. The third-order valence-electron chi connectivity index (χ3n) is 3.48. The standard InChI is InChI=1S/C19H20N2O4/c1-13-8-10-15(11-9-13)12-17(22)25-14(2)18(23)20-21-19(24)16-6-4-3-5-7-16/h3-11,14H,12H2,1-2H3,(H,20,23)(H,21,24)/t14-/m1/s1. The highest BCUT2D eigenvalue weighted by Crippen LogP contribution is 2.06. The van der Waals surface area contributed by atoms with E-state index >= 15 is 0 Å². The summed E-state index contributed by atoms with van der Waals surface area (Å²) in [5.41, 5.74) is 6.83. The Kier molecular flexibility index (Phi) is 6.28. The minimum Gasteiger partial charge on any atom is -0.452 e. The molecule has 0 aromatic heterocycles. The summed E-state index contributed by atoms with van der Waals surface area (Å²) in [5.74, 6) is -1.57. The van der Waals surface area contributed by atoms with Gasteiger partial charge in [0, 0.05) is 5.56 Å². The molecule has 130 valence electrons. The summed E-state index contributed by atoms with van der Waals surface area (Å²) < 4.78 is 5.08. The first-order valence-electron chi connectivity index (χ1n) is 7.86. The van der Waals surface area contributed by atoms with E-state index < -0.39 is 23.9 Å². The number of hydrazine groups is 1. The van der Waals surface area contributed by atoms with E-state index in [0.717, 1.165) is 11.1 Å². The summed E-state index contributed by atoms with van der Waals surface area (Å²) in [6.07, 6.45) is -0.942. The molecule has 6 nitrogen and oxygen atoms in total. The molecule has 0 heterocycles. The first-order chi connectivity index (χ1) is 12.0. The number of hydrogen-bond acceptors (Lipinski definition) is 4. The van der Waals surface area contributed by atoms with Crippen molar-refractivity contribution in [2.75, 3.05) is 0 Å². The Balaban J connectivity index is 1.78. The molecule has 0 saturated carbocycles. The van der Waals surface area contributed by atoms with Gasteiger partial charge in [-0.15, -0.1) is 0 Å². The summed E-state index contributed by atoms with van der Waals surface area (Å²) in [5, 5.41) is 0. The number of nitrogens with one attached hydrogen (secondary N) is 2. The SMILES string of the molecule is Cc1ccc(CC(=O)O[C@H](C)C(=O)NNC(=O)c2ccccc2)cc1. The maximum atomic E-state index is 11.9. The largest absolute Gasteiger partial charge is 0.452 e. The van der Waals surface area contributed by atoms with Crippen LogP contribution in [0.1, 0.15) is 28.4 Å². The van der Waals surface area contributed by atoms with Crippen LogP contribution >= 0.6 is 0 Å². The average molecular weight is 340 g/mol. The van der Waals surface area contributed by atoms with E-state index in [2.05, 4.69) is 10.9 Å². The summed E-state index contributed by atoms with van der Waals surface area (Å²) in [4.78, 5) is 35.6. The van der Waals surface area contributed by atoms with Crippen molar-refractivity contribution in [2.24, 2.45) is 0 Å². The Morgan fingerprint density at radius 3 is 2.24 bits per heavy atom. The highest BCUT2D eigenvalue weighted by Gasteiger charge is 2.18. The van der Waals surface area contributed by atoms with Crippen LogP contribution in [0.5, 0.6) is 0 Å². The molecule has 2 amide bonds. The van der Waals surface area contributed by atoms with E-state index in [0.29, 0.717) is 5.56 Å². The number of ether oxygens (including phenoxy) is 1. The van der Waals surface area contributed by atoms with Crippen LogP contribution in [0.15, 0.2) is 54.6 Å². The number of rotatable bonds is 5. The molecule has 2 aromatic rings. The fourth-order valence-electron chi connectivity index (χ4n) is 2.05. The highest BCUT2D eigenvalue weighted by atomic mass is 16.5. The zero-order valence-corrected chi connectivity index (χ0v) is 14.1. The van der Waals surface area contributed by atoms with Gasteiger partial charge in [-0.2, -0.15) is 0 Å². The number of aryl methyl sites for hydroxylation is 1. The van der Waals surface area contributed by atoms with E-state index in [4.69, 9.17) is 4.74 Å². The lowest BCUT2D eigenvalue weighted by molar-refractivity contribution is -0.154. The van der Waals surface area contributed by atoms with Crippen molar-refractivity contribution in [3.05, 3.63) is 71.3 Å². The third-order valence-corrected chi connectivity index (χ3v) is 3.48. The number of benzene rings is 2. The molecule has 6 heteroatoms. The minimum atomic E-state index is -1.02. The van der Waals surface area contributed by atoms with Gasteiger partial charge in [-0.1, -0.05) is 48.0 Å².